The zero-order chi connectivity index (χ0) is 25.3. The van der Waals surface area contributed by atoms with Crippen LogP contribution in [0.25, 0.3) is 22.8 Å². The summed E-state index contributed by atoms with van der Waals surface area (Å²) in [5.74, 6) is 1.48. The van der Waals surface area contributed by atoms with E-state index >= 15 is 0 Å². The molecule has 0 saturated heterocycles. The van der Waals surface area contributed by atoms with E-state index in [9.17, 15) is 9.50 Å². The molecule has 0 aliphatic heterocycles. The van der Waals surface area contributed by atoms with E-state index in [1.54, 1.807) is 30.3 Å². The van der Waals surface area contributed by atoms with Gasteiger partial charge in [0.1, 0.15) is 5.82 Å². The molecule has 0 spiro atoms. The number of ether oxygens (including phenoxy) is 1. The van der Waals surface area contributed by atoms with Gasteiger partial charge in [0.15, 0.2) is 23.1 Å². The molecule has 36 heavy (non-hydrogen) atoms. The maximum atomic E-state index is 13.7. The van der Waals surface area contributed by atoms with E-state index in [1.807, 2.05) is 12.1 Å². The van der Waals surface area contributed by atoms with Gasteiger partial charge in [-0.05, 0) is 99.4 Å². The number of benzene rings is 3. The molecular weight excluding hydrogens is 455 g/mol. The molecule has 3 aromatic carbocycles. The Kier molecular flexibility index (Phi) is 6.49. The summed E-state index contributed by atoms with van der Waals surface area (Å²) in [5.41, 5.74) is 5.39. The van der Waals surface area contributed by atoms with Gasteiger partial charge in [-0.2, -0.15) is 5.10 Å². The lowest BCUT2D eigenvalue weighted by Crippen LogP contribution is -2.26. The van der Waals surface area contributed by atoms with Gasteiger partial charge < -0.3 is 14.7 Å². The number of phenols is 1. The molecule has 5 rings (SSSR count). The molecule has 186 valence electrons. The minimum atomic E-state index is -0.206. The molecule has 4 aromatic rings. The molecule has 0 bridgehead atoms. The van der Waals surface area contributed by atoms with Crippen molar-refractivity contribution in [3.05, 3.63) is 83.2 Å². The molecule has 1 aliphatic carbocycles. The summed E-state index contributed by atoms with van der Waals surface area (Å²) in [6.07, 6.45) is 4.02. The second-order valence-corrected chi connectivity index (χ2v) is 9.76. The molecule has 0 fully saturated rings. The number of fused-ring (bicyclic) bond motifs is 1. The van der Waals surface area contributed by atoms with Gasteiger partial charge in [-0.15, -0.1) is 0 Å². The average molecular weight is 487 g/mol. The molecule has 0 amide bonds. The highest BCUT2D eigenvalue weighted by Crippen LogP contribution is 2.48. The summed E-state index contributed by atoms with van der Waals surface area (Å²) >= 11 is 0. The number of aromatic amines is 1. The summed E-state index contributed by atoms with van der Waals surface area (Å²) < 4.78 is 19.0. The van der Waals surface area contributed by atoms with Crippen molar-refractivity contribution in [3.63, 3.8) is 0 Å². The minimum absolute atomic E-state index is 0.0785. The number of aryl methyl sites for hydroxylation is 1. The van der Waals surface area contributed by atoms with Crippen LogP contribution in [0.1, 0.15) is 36.0 Å². The van der Waals surface area contributed by atoms with E-state index in [0.29, 0.717) is 17.4 Å². The molecule has 1 aromatic heterocycles. The summed E-state index contributed by atoms with van der Waals surface area (Å²) in [4.78, 5) is 6.91. The fraction of sp³-hybridized carbons (Fsp3) is 0.310. The van der Waals surface area contributed by atoms with E-state index in [0.717, 1.165) is 43.4 Å². The fourth-order valence-corrected chi connectivity index (χ4v) is 5.40. The molecule has 1 atom stereocenters. The van der Waals surface area contributed by atoms with Gasteiger partial charge in [0.05, 0.1) is 7.11 Å². The minimum Gasteiger partial charge on any atom is -0.504 e. The van der Waals surface area contributed by atoms with Gasteiger partial charge in [0.2, 0.25) is 0 Å². The van der Waals surface area contributed by atoms with Crippen LogP contribution in [0, 0.1) is 5.82 Å². The van der Waals surface area contributed by atoms with Crippen molar-refractivity contribution in [2.45, 2.75) is 31.1 Å². The summed E-state index contributed by atoms with van der Waals surface area (Å²) in [5, 5.41) is 17.3. The molecule has 1 aliphatic rings. The van der Waals surface area contributed by atoms with Crippen LogP contribution < -0.4 is 4.74 Å². The Morgan fingerprint density at radius 3 is 2.58 bits per heavy atom. The lowest BCUT2D eigenvalue weighted by molar-refractivity contribution is 0.359. The number of nitrogens with zero attached hydrogens (tertiary/aromatic N) is 3. The predicted molar refractivity (Wildman–Crippen MR) is 139 cm³/mol. The second-order valence-electron chi connectivity index (χ2n) is 9.76. The summed E-state index contributed by atoms with van der Waals surface area (Å²) in [7, 11) is 5.71. The van der Waals surface area contributed by atoms with Crippen LogP contribution in [-0.2, 0) is 11.8 Å². The number of hydrogen-bond donors (Lipinski definition) is 2. The Bertz CT molecular complexity index is 1370. The number of phenolic OH excluding ortho intramolecular Hbond substituents is 1. The molecule has 0 radical (unpaired) electrons. The molecule has 7 heteroatoms. The van der Waals surface area contributed by atoms with Gasteiger partial charge in [-0.1, -0.05) is 24.3 Å². The van der Waals surface area contributed by atoms with Crippen LogP contribution >= 0.6 is 0 Å². The Morgan fingerprint density at radius 1 is 1.06 bits per heavy atom. The number of aromatic nitrogens is 3. The lowest BCUT2D eigenvalue weighted by atomic mass is 9.72. The number of H-pyrrole nitrogens is 1. The molecule has 2 N–H and O–H groups in total. The quantitative estimate of drug-likeness (QED) is 0.341. The highest BCUT2D eigenvalue weighted by atomic mass is 19.1. The zero-order valence-corrected chi connectivity index (χ0v) is 20.9. The maximum Gasteiger partial charge on any atom is 0.181 e. The number of methoxy groups -OCH3 is 1. The normalized spacial score (nSPS) is 16.9. The van der Waals surface area contributed by atoms with Crippen LogP contribution in [0.3, 0.4) is 0 Å². The zero-order valence-electron chi connectivity index (χ0n) is 20.9. The average Bonchev–Trinajstić information content (AvgIpc) is 3.51. The van der Waals surface area contributed by atoms with E-state index in [-0.39, 0.29) is 17.0 Å². The topological polar surface area (TPSA) is 74.3 Å². The molecule has 1 unspecified atom stereocenters. The van der Waals surface area contributed by atoms with Gasteiger partial charge in [-0.25, -0.2) is 9.37 Å². The maximum absolute atomic E-state index is 13.7. The van der Waals surface area contributed by atoms with Gasteiger partial charge in [-0.3, -0.25) is 5.10 Å². The van der Waals surface area contributed by atoms with Gasteiger partial charge in [0, 0.05) is 16.5 Å². The van der Waals surface area contributed by atoms with Crippen molar-refractivity contribution >= 4 is 0 Å². The number of halogens is 1. The third-order valence-corrected chi connectivity index (χ3v) is 7.24. The van der Waals surface area contributed by atoms with E-state index in [2.05, 4.69) is 47.4 Å². The molecule has 6 nitrogen and oxygen atoms in total. The van der Waals surface area contributed by atoms with Crippen LogP contribution in [0.15, 0.2) is 60.7 Å². The summed E-state index contributed by atoms with van der Waals surface area (Å²) in [6, 6.07) is 18.6. The molecular formula is C29H31FN4O2. The van der Waals surface area contributed by atoms with Crippen LogP contribution in [-0.4, -0.2) is 52.9 Å². The van der Waals surface area contributed by atoms with Crippen molar-refractivity contribution in [1.82, 2.24) is 20.1 Å². The van der Waals surface area contributed by atoms with E-state index in [4.69, 9.17) is 9.72 Å². The van der Waals surface area contributed by atoms with Gasteiger partial charge in [0.25, 0.3) is 0 Å². The number of aromatic hydroxyl groups is 1. The van der Waals surface area contributed by atoms with Crippen LogP contribution in [0.5, 0.6) is 11.5 Å². The standard InChI is InChI=1S/C29H31FN4O2/c1-34(2)16-4-14-29(22-7-9-23(30)10-8-22)15-13-19-17-20(5-11-24(19)29)27-31-28(33-32-27)21-6-12-25(35)26(18-21)36-3/h5-12,17-18,35H,4,13-16H2,1-3H3,(H,31,32,33). The lowest BCUT2D eigenvalue weighted by Gasteiger charge is -2.32. The first-order chi connectivity index (χ1) is 17.4. The highest BCUT2D eigenvalue weighted by Gasteiger charge is 2.40. The van der Waals surface area contributed by atoms with Crippen LogP contribution in [0.4, 0.5) is 4.39 Å². The third kappa shape index (κ3) is 4.46. The Hall–Kier alpha value is -3.71. The first kappa shape index (κ1) is 24.0. The number of rotatable bonds is 8. The molecule has 1 heterocycles. The Balaban J connectivity index is 1.47. The first-order valence-corrected chi connectivity index (χ1v) is 12.2. The van der Waals surface area contributed by atoms with Gasteiger partial charge >= 0.3 is 0 Å². The van der Waals surface area contributed by atoms with Crippen molar-refractivity contribution in [1.29, 1.82) is 0 Å². The van der Waals surface area contributed by atoms with Crippen molar-refractivity contribution in [2.24, 2.45) is 0 Å². The SMILES string of the molecule is COc1cc(-c2nc(-c3ccc4c(c3)CCC4(CCCN(C)C)c3ccc(F)cc3)n[nH]2)ccc1O. The Labute approximate surface area is 210 Å². The predicted octanol–water partition coefficient (Wildman–Crippen LogP) is 5.57. The van der Waals surface area contributed by atoms with Crippen molar-refractivity contribution < 1.29 is 14.2 Å². The smallest absolute Gasteiger partial charge is 0.181 e. The molecule has 0 saturated carbocycles. The Morgan fingerprint density at radius 2 is 1.83 bits per heavy atom. The monoisotopic (exact) mass is 486 g/mol. The van der Waals surface area contributed by atoms with Crippen molar-refractivity contribution in [2.75, 3.05) is 27.7 Å². The summed E-state index contributed by atoms with van der Waals surface area (Å²) in [6.45, 7) is 1.01. The van der Waals surface area contributed by atoms with Crippen LogP contribution in [0.2, 0.25) is 0 Å². The third-order valence-electron chi connectivity index (χ3n) is 7.24. The largest absolute Gasteiger partial charge is 0.504 e. The number of hydrogen-bond acceptors (Lipinski definition) is 5. The highest BCUT2D eigenvalue weighted by molar-refractivity contribution is 5.66. The second kappa shape index (κ2) is 9.74. The fourth-order valence-electron chi connectivity index (χ4n) is 5.40. The van der Waals surface area contributed by atoms with Crippen molar-refractivity contribution in [3.8, 4) is 34.3 Å². The van der Waals surface area contributed by atoms with E-state index < -0.39 is 0 Å². The van der Waals surface area contributed by atoms with E-state index in [1.165, 1.54) is 23.8 Å². The first-order valence-electron chi connectivity index (χ1n) is 12.2. The number of nitrogens with one attached hydrogen (secondary N) is 1.